The minimum Gasteiger partial charge on any atom is -0.496 e. The maximum Gasteiger partial charge on any atom is 0.273 e. The third-order valence-corrected chi connectivity index (χ3v) is 6.73. The number of Topliss-reactive ketones (excluding diaryl/α,β-unsaturated/α-hetero) is 1. The van der Waals surface area contributed by atoms with E-state index in [4.69, 9.17) is 4.74 Å². The number of H-pyrrole nitrogens is 1. The molecule has 0 spiro atoms. The van der Waals surface area contributed by atoms with Crippen molar-refractivity contribution in [3.05, 3.63) is 113 Å². The summed E-state index contributed by atoms with van der Waals surface area (Å²) in [5.41, 5.74) is 4.83. The number of rotatable bonds is 11. The third kappa shape index (κ3) is 5.72. The maximum atomic E-state index is 13.6. The molecular weight excluding hydrogens is 476 g/mol. The Labute approximate surface area is 221 Å². The molecule has 2 aromatic carbocycles. The molecule has 3 heterocycles. The van der Waals surface area contributed by atoms with Gasteiger partial charge in [-0.25, -0.2) is 0 Å². The molecule has 38 heavy (non-hydrogen) atoms. The largest absolute Gasteiger partial charge is 0.496 e. The lowest BCUT2D eigenvalue weighted by atomic mass is 10.1. The van der Waals surface area contributed by atoms with Crippen molar-refractivity contribution in [2.75, 3.05) is 7.11 Å². The number of fused-ring (bicyclic) bond motifs is 1. The van der Waals surface area contributed by atoms with Gasteiger partial charge in [0, 0.05) is 35.4 Å². The number of ether oxygens (including phenoxy) is 1. The molecule has 0 unspecified atom stereocenters. The van der Waals surface area contributed by atoms with Gasteiger partial charge in [0.1, 0.15) is 11.4 Å². The molecular formula is C31H30N4O3. The number of nitrogens with one attached hydrogen (secondary N) is 1. The van der Waals surface area contributed by atoms with E-state index in [0.29, 0.717) is 30.7 Å². The lowest BCUT2D eigenvalue weighted by molar-refractivity contribution is -0.119. The fourth-order valence-electron chi connectivity index (χ4n) is 4.75. The second-order valence-corrected chi connectivity index (χ2v) is 9.31. The Balaban J connectivity index is 1.33. The van der Waals surface area contributed by atoms with Crippen LogP contribution in [0.3, 0.4) is 0 Å². The normalized spacial score (nSPS) is 11.1. The highest BCUT2D eigenvalue weighted by Gasteiger charge is 2.16. The first kappa shape index (κ1) is 25.1. The summed E-state index contributed by atoms with van der Waals surface area (Å²) in [6.45, 7) is 0.00682. The molecule has 0 saturated heterocycles. The number of hydrogen-bond donors (Lipinski definition) is 1. The Morgan fingerprint density at radius 3 is 2.61 bits per heavy atom. The van der Waals surface area contributed by atoms with Crippen molar-refractivity contribution in [2.24, 2.45) is 0 Å². The molecule has 0 atom stereocenters. The number of hydrogen-bond acceptors (Lipinski definition) is 5. The standard InChI is InChI=1S/C31H30N4O3/c1-38-30-13-6-5-10-23(30)11-7-12-28-31(37)35(29(20-33-28)22-8-3-2-4-9-22)21-26(36)15-14-25-18-24-19-32-17-16-27(24)34-25/h2-6,8-10,13,16-20,34H,7,11-12,14-15,21H2,1H3. The van der Waals surface area contributed by atoms with Crippen LogP contribution in [0, 0.1) is 0 Å². The van der Waals surface area contributed by atoms with Crippen LogP contribution >= 0.6 is 0 Å². The lowest BCUT2D eigenvalue weighted by Crippen LogP contribution is -2.29. The minimum absolute atomic E-state index is 0.00682. The van der Waals surface area contributed by atoms with E-state index >= 15 is 0 Å². The van der Waals surface area contributed by atoms with Gasteiger partial charge < -0.3 is 9.72 Å². The van der Waals surface area contributed by atoms with Gasteiger partial charge in [-0.15, -0.1) is 0 Å². The molecule has 0 saturated carbocycles. The highest BCUT2D eigenvalue weighted by atomic mass is 16.5. The Kier molecular flexibility index (Phi) is 7.73. The number of aromatic nitrogens is 4. The molecule has 5 rings (SSSR count). The Hall–Kier alpha value is -4.52. The highest BCUT2D eigenvalue weighted by Crippen LogP contribution is 2.21. The van der Waals surface area contributed by atoms with Gasteiger partial charge in [0.15, 0.2) is 5.78 Å². The summed E-state index contributed by atoms with van der Waals surface area (Å²) in [5, 5.41) is 1.02. The smallest absolute Gasteiger partial charge is 0.273 e. The fourth-order valence-corrected chi connectivity index (χ4v) is 4.75. The number of para-hydroxylation sites is 1. The van der Waals surface area contributed by atoms with Crippen LogP contribution in [0.2, 0.25) is 0 Å². The third-order valence-electron chi connectivity index (χ3n) is 6.73. The number of methoxy groups -OCH3 is 1. The topological polar surface area (TPSA) is 89.9 Å². The maximum absolute atomic E-state index is 13.6. The average molecular weight is 507 g/mol. The van der Waals surface area contributed by atoms with Crippen LogP contribution in [0.15, 0.2) is 90.1 Å². The van der Waals surface area contributed by atoms with Crippen LogP contribution < -0.4 is 10.3 Å². The molecule has 0 fully saturated rings. The van der Waals surface area contributed by atoms with Gasteiger partial charge in [0.25, 0.3) is 5.56 Å². The molecule has 7 heteroatoms. The van der Waals surface area contributed by atoms with Crippen molar-refractivity contribution in [3.8, 4) is 17.0 Å². The predicted molar refractivity (Wildman–Crippen MR) is 148 cm³/mol. The summed E-state index contributed by atoms with van der Waals surface area (Å²) in [4.78, 5) is 38.7. The van der Waals surface area contributed by atoms with E-state index in [2.05, 4.69) is 15.0 Å². The Bertz CT molecular complexity index is 1570. The first-order chi connectivity index (χ1) is 18.6. The number of carbonyl (C=O) groups excluding carboxylic acids is 1. The van der Waals surface area contributed by atoms with Gasteiger partial charge in [0.05, 0.1) is 25.5 Å². The molecule has 0 radical (unpaired) electrons. The summed E-state index contributed by atoms with van der Waals surface area (Å²) in [5.74, 6) is 0.835. The predicted octanol–water partition coefficient (Wildman–Crippen LogP) is 5.17. The van der Waals surface area contributed by atoms with Gasteiger partial charge in [-0.2, -0.15) is 0 Å². The highest BCUT2D eigenvalue weighted by molar-refractivity contribution is 5.81. The van der Waals surface area contributed by atoms with Crippen molar-refractivity contribution in [3.63, 3.8) is 0 Å². The van der Waals surface area contributed by atoms with Crippen LogP contribution in [0.4, 0.5) is 0 Å². The van der Waals surface area contributed by atoms with Crippen molar-refractivity contribution in [1.82, 2.24) is 19.5 Å². The SMILES string of the molecule is COc1ccccc1CCCc1ncc(-c2ccccc2)n(CC(=O)CCc2cc3cnccc3[nH]2)c1=O. The summed E-state index contributed by atoms with van der Waals surface area (Å²) in [7, 11) is 1.66. The van der Waals surface area contributed by atoms with Crippen LogP contribution in [-0.4, -0.2) is 32.4 Å². The Morgan fingerprint density at radius 2 is 1.79 bits per heavy atom. The van der Waals surface area contributed by atoms with Gasteiger partial charge in [-0.05, 0) is 55.0 Å². The summed E-state index contributed by atoms with van der Waals surface area (Å²) >= 11 is 0. The van der Waals surface area contributed by atoms with Crippen molar-refractivity contribution >= 4 is 16.7 Å². The average Bonchev–Trinajstić information content (AvgIpc) is 3.38. The number of pyridine rings is 1. The van der Waals surface area contributed by atoms with Gasteiger partial charge in [-0.3, -0.25) is 24.1 Å². The summed E-state index contributed by atoms with van der Waals surface area (Å²) < 4.78 is 7.03. The fraction of sp³-hybridized carbons (Fsp3) is 0.226. The number of aromatic amines is 1. The number of aryl methyl sites for hydroxylation is 3. The summed E-state index contributed by atoms with van der Waals surface area (Å²) in [6, 6.07) is 21.4. The molecule has 0 aliphatic heterocycles. The molecule has 0 aliphatic carbocycles. The van der Waals surface area contributed by atoms with E-state index in [1.54, 1.807) is 30.3 Å². The lowest BCUT2D eigenvalue weighted by Gasteiger charge is -2.14. The first-order valence-corrected chi connectivity index (χ1v) is 12.8. The second kappa shape index (κ2) is 11.7. The van der Waals surface area contributed by atoms with E-state index in [9.17, 15) is 9.59 Å². The first-order valence-electron chi connectivity index (χ1n) is 12.8. The molecule has 192 valence electrons. The van der Waals surface area contributed by atoms with Gasteiger partial charge in [0.2, 0.25) is 0 Å². The van der Waals surface area contributed by atoms with Crippen LogP contribution in [0.1, 0.15) is 29.8 Å². The van der Waals surface area contributed by atoms with Gasteiger partial charge >= 0.3 is 0 Å². The van der Waals surface area contributed by atoms with E-state index in [0.717, 1.165) is 46.3 Å². The van der Waals surface area contributed by atoms with E-state index in [1.807, 2.05) is 66.7 Å². The molecule has 0 aliphatic rings. The zero-order valence-electron chi connectivity index (χ0n) is 21.4. The van der Waals surface area contributed by atoms with Crippen molar-refractivity contribution in [2.45, 2.75) is 38.6 Å². The van der Waals surface area contributed by atoms with E-state index < -0.39 is 0 Å². The monoisotopic (exact) mass is 506 g/mol. The molecule has 1 N–H and O–H groups in total. The quantitative estimate of drug-likeness (QED) is 0.267. The van der Waals surface area contributed by atoms with Crippen molar-refractivity contribution in [1.29, 1.82) is 0 Å². The van der Waals surface area contributed by atoms with Gasteiger partial charge in [-0.1, -0.05) is 48.5 Å². The molecule has 0 amide bonds. The number of carbonyl (C=O) groups is 1. The molecule has 7 nitrogen and oxygen atoms in total. The van der Waals surface area contributed by atoms with E-state index in [1.165, 1.54) is 0 Å². The van der Waals surface area contributed by atoms with Crippen molar-refractivity contribution < 1.29 is 9.53 Å². The molecule has 3 aromatic heterocycles. The minimum atomic E-state index is -0.212. The molecule has 5 aromatic rings. The zero-order chi connectivity index (χ0) is 26.3. The van der Waals surface area contributed by atoms with Crippen LogP contribution in [0.25, 0.3) is 22.2 Å². The second-order valence-electron chi connectivity index (χ2n) is 9.31. The van der Waals surface area contributed by atoms with Crippen LogP contribution in [0.5, 0.6) is 5.75 Å². The number of nitrogens with zero attached hydrogens (tertiary/aromatic N) is 3. The zero-order valence-corrected chi connectivity index (χ0v) is 21.4. The van der Waals surface area contributed by atoms with E-state index in [-0.39, 0.29) is 17.9 Å². The number of ketones is 1. The van der Waals surface area contributed by atoms with Crippen LogP contribution in [-0.2, 0) is 30.6 Å². The molecule has 0 bridgehead atoms. The Morgan fingerprint density at radius 1 is 0.974 bits per heavy atom. The number of benzene rings is 2. The summed E-state index contributed by atoms with van der Waals surface area (Å²) in [6.07, 6.45) is 8.18.